The lowest BCUT2D eigenvalue weighted by Crippen LogP contribution is -2.31. The van der Waals surface area contributed by atoms with Gasteiger partial charge in [-0.2, -0.15) is 0 Å². The third kappa shape index (κ3) is 2.31. The summed E-state index contributed by atoms with van der Waals surface area (Å²) in [5.74, 6) is 1.20. The zero-order chi connectivity index (χ0) is 13.9. The number of fused-ring (bicyclic) bond motifs is 1. The smallest absolute Gasteiger partial charge is 0.209 e. The first-order chi connectivity index (χ1) is 9.81. The Bertz CT molecular complexity index is 622. The number of aromatic nitrogens is 2. The van der Waals surface area contributed by atoms with Crippen molar-refractivity contribution < 1.29 is 9.53 Å². The molecule has 1 aromatic heterocycles. The van der Waals surface area contributed by atoms with Crippen LogP contribution in [0.4, 0.5) is 0 Å². The summed E-state index contributed by atoms with van der Waals surface area (Å²) in [4.78, 5) is 21.4. The van der Waals surface area contributed by atoms with Crippen LogP contribution in [0.5, 0.6) is 5.75 Å². The maximum atomic E-state index is 10.8. The van der Waals surface area contributed by atoms with E-state index in [0.717, 1.165) is 54.7 Å². The Morgan fingerprint density at radius 3 is 2.80 bits per heavy atom. The molecule has 5 heteroatoms. The first-order valence-corrected chi connectivity index (χ1v) is 6.80. The highest BCUT2D eigenvalue weighted by Gasteiger charge is 2.22. The second-order valence-electron chi connectivity index (χ2n) is 5.06. The fourth-order valence-electron chi connectivity index (χ4n) is 2.79. The Hall–Kier alpha value is -2.17. The van der Waals surface area contributed by atoms with Gasteiger partial charge in [-0.3, -0.25) is 4.79 Å². The van der Waals surface area contributed by atoms with Crippen molar-refractivity contribution in [2.75, 3.05) is 20.2 Å². The molecule has 0 spiro atoms. The van der Waals surface area contributed by atoms with Crippen molar-refractivity contribution >= 4 is 17.3 Å². The number of benzene rings is 1. The molecular weight excluding hydrogens is 254 g/mol. The Kier molecular flexibility index (Phi) is 3.50. The molecule has 1 amide bonds. The number of ether oxygens (including phenoxy) is 1. The van der Waals surface area contributed by atoms with Crippen molar-refractivity contribution in [3.63, 3.8) is 0 Å². The lowest BCUT2D eigenvalue weighted by atomic mass is 9.91. The number of hydrogen-bond donors (Lipinski definition) is 0. The van der Waals surface area contributed by atoms with E-state index in [4.69, 9.17) is 4.74 Å². The number of likely N-dealkylation sites (tertiary alicyclic amines) is 1. The maximum Gasteiger partial charge on any atom is 0.209 e. The monoisotopic (exact) mass is 271 g/mol. The zero-order valence-corrected chi connectivity index (χ0v) is 11.5. The molecule has 0 bridgehead atoms. The van der Waals surface area contributed by atoms with Crippen molar-refractivity contribution in [2.45, 2.75) is 18.8 Å². The van der Waals surface area contributed by atoms with E-state index in [0.29, 0.717) is 5.92 Å². The lowest BCUT2D eigenvalue weighted by molar-refractivity contribution is -0.119. The quantitative estimate of drug-likeness (QED) is 0.801. The molecule has 0 atom stereocenters. The van der Waals surface area contributed by atoms with E-state index in [1.807, 2.05) is 23.1 Å². The minimum atomic E-state index is 0.394. The molecule has 104 valence electrons. The summed E-state index contributed by atoms with van der Waals surface area (Å²) in [5, 5.41) is 1.08. The molecule has 0 unspecified atom stereocenters. The number of nitrogens with zero attached hydrogens (tertiary/aromatic N) is 3. The van der Waals surface area contributed by atoms with Crippen molar-refractivity contribution in [1.29, 1.82) is 0 Å². The molecule has 2 heterocycles. The number of carbonyl (C=O) groups excluding carboxylic acids is 1. The van der Waals surface area contributed by atoms with Gasteiger partial charge in [-0.1, -0.05) is 0 Å². The minimum Gasteiger partial charge on any atom is -0.497 e. The minimum absolute atomic E-state index is 0.394. The van der Waals surface area contributed by atoms with Gasteiger partial charge in [-0.25, -0.2) is 9.97 Å². The molecule has 20 heavy (non-hydrogen) atoms. The summed E-state index contributed by atoms with van der Waals surface area (Å²) in [5.41, 5.74) is 2.00. The van der Waals surface area contributed by atoms with Crippen LogP contribution < -0.4 is 4.74 Å². The van der Waals surface area contributed by atoms with Crippen molar-refractivity contribution in [3.05, 3.63) is 30.2 Å². The molecule has 1 fully saturated rings. The van der Waals surface area contributed by atoms with Gasteiger partial charge < -0.3 is 9.64 Å². The highest BCUT2D eigenvalue weighted by atomic mass is 16.5. The van der Waals surface area contributed by atoms with Gasteiger partial charge in [0.25, 0.3) is 0 Å². The van der Waals surface area contributed by atoms with Gasteiger partial charge in [-0.15, -0.1) is 0 Å². The first kappa shape index (κ1) is 12.8. The second-order valence-corrected chi connectivity index (χ2v) is 5.06. The van der Waals surface area contributed by atoms with Crippen molar-refractivity contribution in [2.24, 2.45) is 0 Å². The number of amides is 1. The molecule has 1 aromatic carbocycles. The number of hydrogen-bond acceptors (Lipinski definition) is 4. The average molecular weight is 271 g/mol. The van der Waals surface area contributed by atoms with Crippen LogP contribution in [0, 0.1) is 0 Å². The molecule has 0 aliphatic carbocycles. The van der Waals surface area contributed by atoms with E-state index in [-0.39, 0.29) is 0 Å². The standard InChI is InChI=1S/C15H17N3O2/c1-20-12-2-3-13-14(8-12)16-9-17-15(13)11-4-6-18(10-19)7-5-11/h2-3,8-11H,4-7H2,1H3. The largest absolute Gasteiger partial charge is 0.497 e. The van der Waals surface area contributed by atoms with E-state index in [9.17, 15) is 4.79 Å². The van der Waals surface area contributed by atoms with Gasteiger partial charge >= 0.3 is 0 Å². The molecule has 0 N–H and O–H groups in total. The Balaban J connectivity index is 1.93. The summed E-state index contributed by atoms with van der Waals surface area (Å²) in [6.07, 6.45) is 4.45. The molecule has 1 aliphatic heterocycles. The van der Waals surface area contributed by atoms with Crippen LogP contribution in [0.1, 0.15) is 24.5 Å². The number of piperidine rings is 1. The van der Waals surface area contributed by atoms with Crippen molar-refractivity contribution in [1.82, 2.24) is 14.9 Å². The first-order valence-electron chi connectivity index (χ1n) is 6.80. The van der Waals surface area contributed by atoms with Gasteiger partial charge in [0.1, 0.15) is 12.1 Å². The van der Waals surface area contributed by atoms with Crippen LogP contribution in [-0.4, -0.2) is 41.5 Å². The number of carbonyl (C=O) groups is 1. The van der Waals surface area contributed by atoms with E-state index >= 15 is 0 Å². The molecule has 0 radical (unpaired) electrons. The average Bonchev–Trinajstić information content (AvgIpc) is 2.54. The summed E-state index contributed by atoms with van der Waals surface area (Å²) in [7, 11) is 1.65. The number of methoxy groups -OCH3 is 1. The van der Waals surface area contributed by atoms with E-state index < -0.39 is 0 Å². The number of rotatable bonds is 3. The van der Waals surface area contributed by atoms with Gasteiger partial charge in [0, 0.05) is 30.5 Å². The molecule has 1 aliphatic rings. The lowest BCUT2D eigenvalue weighted by Gasteiger charge is -2.29. The SMILES string of the molecule is COc1ccc2c(C3CCN(C=O)CC3)ncnc2c1. The van der Waals surface area contributed by atoms with Crippen LogP contribution in [0.2, 0.25) is 0 Å². The Labute approximate surface area is 117 Å². The highest BCUT2D eigenvalue weighted by molar-refractivity contribution is 5.82. The normalized spacial score (nSPS) is 16.4. The van der Waals surface area contributed by atoms with E-state index in [2.05, 4.69) is 9.97 Å². The molecular formula is C15H17N3O2. The molecule has 0 saturated carbocycles. The van der Waals surface area contributed by atoms with Gasteiger partial charge in [0.15, 0.2) is 0 Å². The topological polar surface area (TPSA) is 55.3 Å². The molecule has 3 rings (SSSR count). The summed E-state index contributed by atoms with van der Waals surface area (Å²) >= 11 is 0. The summed E-state index contributed by atoms with van der Waals surface area (Å²) in [6.45, 7) is 1.60. The van der Waals surface area contributed by atoms with E-state index in [1.54, 1.807) is 13.4 Å². The zero-order valence-electron chi connectivity index (χ0n) is 11.5. The van der Waals surface area contributed by atoms with Crippen LogP contribution >= 0.6 is 0 Å². The van der Waals surface area contributed by atoms with Gasteiger partial charge in [0.05, 0.1) is 18.3 Å². The molecule has 1 saturated heterocycles. The van der Waals surface area contributed by atoms with Crippen LogP contribution in [0.25, 0.3) is 10.9 Å². The predicted octanol–water partition coefficient (Wildman–Crippen LogP) is 1.97. The summed E-state index contributed by atoms with van der Waals surface area (Å²) in [6, 6.07) is 5.90. The second kappa shape index (κ2) is 5.45. The van der Waals surface area contributed by atoms with Crippen molar-refractivity contribution in [3.8, 4) is 5.75 Å². The predicted molar refractivity (Wildman–Crippen MR) is 75.7 cm³/mol. The van der Waals surface area contributed by atoms with Gasteiger partial charge in [0.2, 0.25) is 6.41 Å². The maximum absolute atomic E-state index is 10.8. The Morgan fingerprint density at radius 1 is 1.30 bits per heavy atom. The Morgan fingerprint density at radius 2 is 2.10 bits per heavy atom. The fourth-order valence-corrected chi connectivity index (χ4v) is 2.79. The fraction of sp³-hybridized carbons (Fsp3) is 0.400. The molecule has 5 nitrogen and oxygen atoms in total. The summed E-state index contributed by atoms with van der Waals surface area (Å²) < 4.78 is 5.23. The van der Waals surface area contributed by atoms with Crippen LogP contribution in [0.15, 0.2) is 24.5 Å². The van der Waals surface area contributed by atoms with Crippen LogP contribution in [-0.2, 0) is 4.79 Å². The third-order valence-corrected chi connectivity index (χ3v) is 3.94. The third-order valence-electron chi connectivity index (χ3n) is 3.94. The van der Waals surface area contributed by atoms with Gasteiger partial charge in [-0.05, 0) is 25.0 Å². The molecule has 2 aromatic rings. The van der Waals surface area contributed by atoms with E-state index in [1.165, 1.54) is 0 Å². The van der Waals surface area contributed by atoms with Crippen LogP contribution in [0.3, 0.4) is 0 Å². The highest BCUT2D eigenvalue weighted by Crippen LogP contribution is 2.31.